The Morgan fingerprint density at radius 2 is 2.00 bits per heavy atom. The van der Waals surface area contributed by atoms with Crippen molar-refractivity contribution in [1.29, 1.82) is 0 Å². The Morgan fingerprint density at radius 1 is 1.23 bits per heavy atom. The molecule has 3 heterocycles. The summed E-state index contributed by atoms with van der Waals surface area (Å²) in [4.78, 5) is 17.1. The normalized spacial score (nSPS) is 20.3. The minimum atomic E-state index is 0.190. The molecule has 0 N–H and O–H groups in total. The van der Waals surface area contributed by atoms with Crippen LogP contribution in [0.5, 0.6) is 0 Å². The van der Waals surface area contributed by atoms with E-state index in [1.54, 1.807) is 11.3 Å². The number of morpholine rings is 1. The lowest BCUT2D eigenvalue weighted by Crippen LogP contribution is -2.54. The highest BCUT2D eigenvalue weighted by atomic mass is 32.1. The van der Waals surface area contributed by atoms with Crippen molar-refractivity contribution >= 4 is 27.3 Å². The Labute approximate surface area is 134 Å². The van der Waals surface area contributed by atoms with Gasteiger partial charge in [-0.05, 0) is 6.07 Å². The third kappa shape index (κ3) is 2.64. The van der Waals surface area contributed by atoms with E-state index in [4.69, 9.17) is 4.74 Å². The Balaban J connectivity index is 1.37. The fraction of sp³-hybridized carbons (Fsp3) is 0.471. The van der Waals surface area contributed by atoms with Gasteiger partial charge in [0.15, 0.2) is 0 Å². The summed E-state index contributed by atoms with van der Waals surface area (Å²) in [6, 6.07) is 8.15. The van der Waals surface area contributed by atoms with E-state index >= 15 is 0 Å². The highest BCUT2D eigenvalue weighted by Crippen LogP contribution is 2.29. The van der Waals surface area contributed by atoms with Gasteiger partial charge in [-0.1, -0.05) is 18.2 Å². The molecule has 0 atom stereocenters. The van der Waals surface area contributed by atoms with Crippen LogP contribution in [0.15, 0.2) is 29.6 Å². The fourth-order valence-corrected chi connectivity index (χ4v) is 4.25. The van der Waals surface area contributed by atoms with Crippen molar-refractivity contribution in [2.75, 3.05) is 45.9 Å². The van der Waals surface area contributed by atoms with E-state index in [1.807, 2.05) is 28.5 Å². The maximum atomic E-state index is 12.6. The summed E-state index contributed by atoms with van der Waals surface area (Å²) in [6.07, 6.45) is 0. The van der Waals surface area contributed by atoms with Crippen molar-refractivity contribution in [1.82, 2.24) is 9.80 Å². The molecule has 116 valence electrons. The average Bonchev–Trinajstić information content (AvgIpc) is 2.95. The van der Waals surface area contributed by atoms with Crippen molar-refractivity contribution < 1.29 is 9.53 Å². The Morgan fingerprint density at radius 3 is 2.82 bits per heavy atom. The zero-order chi connectivity index (χ0) is 14.9. The lowest BCUT2D eigenvalue weighted by molar-refractivity contribution is 0.00722. The first-order valence-corrected chi connectivity index (χ1v) is 8.75. The summed E-state index contributed by atoms with van der Waals surface area (Å²) in [6.45, 7) is 6.62. The molecule has 0 spiro atoms. The molecule has 4 rings (SSSR count). The highest BCUT2D eigenvalue weighted by Gasteiger charge is 2.33. The summed E-state index contributed by atoms with van der Waals surface area (Å²) >= 11 is 1.65. The molecule has 2 fully saturated rings. The lowest BCUT2D eigenvalue weighted by atomic mass is 9.98. The predicted octanol–water partition coefficient (Wildman–Crippen LogP) is 2.31. The van der Waals surface area contributed by atoms with Gasteiger partial charge in [-0.15, -0.1) is 11.3 Å². The first kappa shape index (κ1) is 14.2. The summed E-state index contributed by atoms with van der Waals surface area (Å²) in [5.74, 6) is 0.808. The van der Waals surface area contributed by atoms with Crippen molar-refractivity contribution in [3.05, 3.63) is 35.2 Å². The molecule has 0 radical (unpaired) electrons. The number of thiophene rings is 1. The molecule has 2 aliphatic rings. The minimum Gasteiger partial charge on any atom is -0.379 e. The molecule has 22 heavy (non-hydrogen) atoms. The van der Waals surface area contributed by atoms with Gasteiger partial charge in [-0.2, -0.15) is 0 Å². The fourth-order valence-electron chi connectivity index (χ4n) is 3.31. The maximum absolute atomic E-state index is 12.6. The van der Waals surface area contributed by atoms with Crippen LogP contribution in [0.1, 0.15) is 10.4 Å². The van der Waals surface area contributed by atoms with Gasteiger partial charge in [0.25, 0.3) is 5.91 Å². The zero-order valence-electron chi connectivity index (χ0n) is 12.5. The number of amides is 1. The second kappa shape index (κ2) is 5.99. The molecule has 1 amide bonds. The summed E-state index contributed by atoms with van der Waals surface area (Å²) in [5.41, 5.74) is 0.866. The molecule has 2 aromatic rings. The van der Waals surface area contributed by atoms with Crippen LogP contribution >= 0.6 is 11.3 Å². The Kier molecular flexibility index (Phi) is 3.86. The quantitative estimate of drug-likeness (QED) is 0.871. The van der Waals surface area contributed by atoms with Crippen molar-refractivity contribution in [3.8, 4) is 0 Å². The van der Waals surface area contributed by atoms with E-state index in [0.717, 1.165) is 56.9 Å². The van der Waals surface area contributed by atoms with Crippen molar-refractivity contribution in [3.63, 3.8) is 0 Å². The van der Waals surface area contributed by atoms with Crippen LogP contribution in [0.2, 0.25) is 0 Å². The van der Waals surface area contributed by atoms with E-state index < -0.39 is 0 Å². The number of fused-ring (bicyclic) bond motifs is 1. The van der Waals surface area contributed by atoms with Crippen LogP contribution in [0.4, 0.5) is 0 Å². The number of nitrogens with zero attached hydrogens (tertiary/aromatic N) is 2. The number of hydrogen-bond acceptors (Lipinski definition) is 4. The first-order valence-electron chi connectivity index (χ1n) is 7.87. The van der Waals surface area contributed by atoms with Crippen molar-refractivity contribution in [2.45, 2.75) is 0 Å². The number of likely N-dealkylation sites (tertiary alicyclic amines) is 1. The van der Waals surface area contributed by atoms with Crippen molar-refractivity contribution in [2.24, 2.45) is 5.92 Å². The third-order valence-electron chi connectivity index (χ3n) is 4.58. The number of hydrogen-bond donors (Lipinski definition) is 0. The van der Waals surface area contributed by atoms with Crippen LogP contribution in [0.3, 0.4) is 0 Å². The van der Waals surface area contributed by atoms with Gasteiger partial charge in [0.05, 0.1) is 18.8 Å². The molecule has 0 bridgehead atoms. The lowest BCUT2D eigenvalue weighted by Gasteiger charge is -2.42. The van der Waals surface area contributed by atoms with E-state index in [0.29, 0.717) is 5.92 Å². The van der Waals surface area contributed by atoms with Gasteiger partial charge >= 0.3 is 0 Å². The monoisotopic (exact) mass is 316 g/mol. The smallest absolute Gasteiger partial charge is 0.255 e. The molecular weight excluding hydrogens is 296 g/mol. The number of carbonyl (C=O) groups is 1. The number of benzene rings is 1. The molecule has 1 aromatic carbocycles. The number of ether oxygens (including phenoxy) is 1. The Hall–Kier alpha value is -1.43. The molecule has 1 aromatic heterocycles. The largest absolute Gasteiger partial charge is 0.379 e. The predicted molar refractivity (Wildman–Crippen MR) is 88.5 cm³/mol. The van der Waals surface area contributed by atoms with Gasteiger partial charge in [0.1, 0.15) is 0 Å². The summed E-state index contributed by atoms with van der Waals surface area (Å²) < 4.78 is 6.57. The molecular formula is C17H20N2O2S. The topological polar surface area (TPSA) is 32.8 Å². The van der Waals surface area contributed by atoms with E-state index in [2.05, 4.69) is 11.0 Å². The van der Waals surface area contributed by atoms with Crippen LogP contribution in [-0.4, -0.2) is 61.6 Å². The SMILES string of the molecule is O=C(c1csc2ccccc12)N1CC(CN2CCOCC2)C1. The van der Waals surface area contributed by atoms with E-state index in [-0.39, 0.29) is 5.91 Å². The Bertz CT molecular complexity index is 672. The molecule has 2 saturated heterocycles. The maximum Gasteiger partial charge on any atom is 0.255 e. The average molecular weight is 316 g/mol. The van der Waals surface area contributed by atoms with Crippen LogP contribution in [0.25, 0.3) is 10.1 Å². The van der Waals surface area contributed by atoms with Gasteiger partial charge < -0.3 is 9.64 Å². The molecule has 0 saturated carbocycles. The zero-order valence-corrected chi connectivity index (χ0v) is 13.3. The molecule has 5 heteroatoms. The second-order valence-corrected chi connectivity index (χ2v) is 7.05. The molecule has 2 aliphatic heterocycles. The van der Waals surface area contributed by atoms with Gasteiger partial charge in [-0.25, -0.2) is 0 Å². The second-order valence-electron chi connectivity index (χ2n) is 6.13. The van der Waals surface area contributed by atoms with Gasteiger partial charge in [-0.3, -0.25) is 9.69 Å². The van der Waals surface area contributed by atoms with E-state index in [9.17, 15) is 4.79 Å². The number of carbonyl (C=O) groups excluding carboxylic acids is 1. The van der Waals surface area contributed by atoms with Crippen LogP contribution in [-0.2, 0) is 4.74 Å². The van der Waals surface area contributed by atoms with Crippen LogP contribution in [0, 0.1) is 5.92 Å². The standard InChI is InChI=1S/C17H20N2O2S/c20-17(15-12-22-16-4-2-1-3-14(15)16)19-10-13(11-19)9-18-5-7-21-8-6-18/h1-4,12-13H,5-11H2. The van der Waals surface area contributed by atoms with E-state index in [1.165, 1.54) is 4.70 Å². The van der Waals surface area contributed by atoms with Gasteiger partial charge in [0, 0.05) is 54.1 Å². The number of rotatable bonds is 3. The van der Waals surface area contributed by atoms with Crippen LogP contribution < -0.4 is 0 Å². The molecule has 4 nitrogen and oxygen atoms in total. The first-order chi connectivity index (χ1) is 10.8. The minimum absolute atomic E-state index is 0.190. The molecule has 0 unspecified atom stereocenters. The summed E-state index contributed by atoms with van der Waals surface area (Å²) in [5, 5.41) is 3.09. The van der Waals surface area contributed by atoms with Gasteiger partial charge in [0.2, 0.25) is 0 Å². The molecule has 0 aliphatic carbocycles. The summed E-state index contributed by atoms with van der Waals surface area (Å²) in [7, 11) is 0. The highest BCUT2D eigenvalue weighted by molar-refractivity contribution is 7.17. The third-order valence-corrected chi connectivity index (χ3v) is 5.54.